The molecule has 0 fully saturated rings. The normalized spacial score (nSPS) is 11.0. The average molecular weight is 586 g/mol. The van der Waals surface area contributed by atoms with E-state index in [0.29, 0.717) is 40.7 Å². The van der Waals surface area contributed by atoms with Crippen molar-refractivity contribution in [1.82, 2.24) is 19.7 Å². The molecule has 4 N–H and O–H groups in total. The fourth-order valence-corrected chi connectivity index (χ4v) is 4.89. The number of aryl methyl sites for hydroxylation is 1. The third-order valence-corrected chi connectivity index (χ3v) is 7.02. The average Bonchev–Trinajstić information content (AvgIpc) is 3.38. The van der Waals surface area contributed by atoms with E-state index < -0.39 is 6.03 Å². The van der Waals surface area contributed by atoms with Crippen LogP contribution in [0.1, 0.15) is 30.9 Å². The Labute approximate surface area is 254 Å². The first-order valence-corrected chi connectivity index (χ1v) is 14.2. The first-order chi connectivity index (χ1) is 21.3. The van der Waals surface area contributed by atoms with Gasteiger partial charge in [0.25, 0.3) is 0 Å². The fourth-order valence-electron chi connectivity index (χ4n) is 4.89. The van der Waals surface area contributed by atoms with Gasteiger partial charge in [-0.3, -0.25) is 5.32 Å². The van der Waals surface area contributed by atoms with Crippen LogP contribution in [0.15, 0.2) is 103 Å². The summed E-state index contributed by atoms with van der Waals surface area (Å²) in [5.74, 6) is 1.81. The van der Waals surface area contributed by atoms with Gasteiger partial charge >= 0.3 is 6.03 Å². The van der Waals surface area contributed by atoms with Crippen LogP contribution >= 0.6 is 0 Å². The van der Waals surface area contributed by atoms with Crippen LogP contribution in [0, 0.1) is 6.92 Å². The standard InChI is InChI=1S/C34H31N7O3/c1-21(2)24-8-6-7-11-27(24)36-33-35-19-18-32(39-33)44-29-17-16-28(25-9-4-5-10-26(25)29)37-34(43)38-30-20-31(42)40-41(30)23-14-12-22(3)13-15-23/h4-21H,1-3H3,(H,40,42)(H,35,36,39)(H2,37,38,43). The zero-order valence-electron chi connectivity index (χ0n) is 24.4. The van der Waals surface area contributed by atoms with Crippen molar-refractivity contribution in [3.63, 3.8) is 0 Å². The molecule has 0 radical (unpaired) electrons. The number of nitrogens with zero attached hydrogens (tertiary/aromatic N) is 4. The molecule has 0 atom stereocenters. The Morgan fingerprint density at radius 2 is 1.61 bits per heavy atom. The molecule has 0 aliphatic heterocycles. The molecule has 6 aromatic rings. The van der Waals surface area contributed by atoms with Crippen molar-refractivity contribution in [2.24, 2.45) is 0 Å². The number of benzene rings is 4. The second-order valence-corrected chi connectivity index (χ2v) is 10.6. The van der Waals surface area contributed by atoms with Crippen LogP contribution in [0.3, 0.4) is 0 Å². The van der Waals surface area contributed by atoms with Gasteiger partial charge in [-0.1, -0.05) is 74.0 Å². The van der Waals surface area contributed by atoms with Gasteiger partial charge in [0.05, 0.1) is 11.4 Å². The molecule has 44 heavy (non-hydrogen) atoms. The third-order valence-electron chi connectivity index (χ3n) is 7.02. The van der Waals surface area contributed by atoms with E-state index in [-0.39, 0.29) is 5.88 Å². The smallest absolute Gasteiger partial charge is 0.324 e. The molecule has 0 aliphatic rings. The molecule has 2 amide bonds. The van der Waals surface area contributed by atoms with E-state index in [9.17, 15) is 9.90 Å². The highest BCUT2D eigenvalue weighted by molar-refractivity contribution is 6.07. The molecule has 0 aliphatic carbocycles. The van der Waals surface area contributed by atoms with E-state index in [4.69, 9.17) is 4.74 Å². The Balaban J connectivity index is 1.21. The summed E-state index contributed by atoms with van der Waals surface area (Å²) >= 11 is 0. The zero-order chi connectivity index (χ0) is 30.6. The van der Waals surface area contributed by atoms with Crippen LogP contribution in [0.2, 0.25) is 0 Å². The van der Waals surface area contributed by atoms with Crippen molar-refractivity contribution < 1.29 is 14.6 Å². The zero-order valence-corrected chi connectivity index (χ0v) is 24.4. The molecular formula is C34H31N7O3. The van der Waals surface area contributed by atoms with Crippen LogP contribution < -0.4 is 20.7 Å². The van der Waals surface area contributed by atoms with Gasteiger partial charge < -0.3 is 20.5 Å². The second kappa shape index (κ2) is 12.1. The number of fused-ring (bicyclic) bond motifs is 1. The van der Waals surface area contributed by atoms with Gasteiger partial charge in [-0.15, -0.1) is 5.10 Å². The van der Waals surface area contributed by atoms with E-state index >= 15 is 0 Å². The lowest BCUT2D eigenvalue weighted by Crippen LogP contribution is -2.21. The number of aromatic hydroxyl groups is 1. The number of aromatic nitrogens is 4. The largest absolute Gasteiger partial charge is 0.492 e. The molecule has 6 rings (SSSR count). The van der Waals surface area contributed by atoms with Crippen molar-refractivity contribution >= 4 is 39.9 Å². The molecule has 0 saturated heterocycles. The monoisotopic (exact) mass is 585 g/mol. The maximum Gasteiger partial charge on any atom is 0.324 e. The SMILES string of the molecule is Cc1ccc(-n2nc(O)cc2NC(=O)Nc2ccc(Oc3ccnc(Nc4ccccc4C(C)C)n3)c3ccccc23)cc1. The van der Waals surface area contributed by atoms with Gasteiger partial charge in [-0.25, -0.2) is 14.5 Å². The minimum Gasteiger partial charge on any atom is -0.492 e. The number of rotatable bonds is 8. The summed E-state index contributed by atoms with van der Waals surface area (Å²) in [6, 6.07) is 29.4. The predicted octanol–water partition coefficient (Wildman–Crippen LogP) is 8.13. The van der Waals surface area contributed by atoms with Gasteiger partial charge in [-0.2, -0.15) is 4.98 Å². The Bertz CT molecular complexity index is 1950. The number of amides is 2. The van der Waals surface area contributed by atoms with Crippen molar-refractivity contribution in [2.75, 3.05) is 16.0 Å². The number of carbonyl (C=O) groups excluding carboxylic acids is 1. The summed E-state index contributed by atoms with van der Waals surface area (Å²) in [4.78, 5) is 22.0. The lowest BCUT2D eigenvalue weighted by atomic mass is 10.0. The third kappa shape index (κ3) is 6.14. The number of nitrogens with one attached hydrogen (secondary N) is 3. The lowest BCUT2D eigenvalue weighted by Gasteiger charge is -2.15. The van der Waals surface area contributed by atoms with Crippen LogP contribution in [-0.4, -0.2) is 30.9 Å². The lowest BCUT2D eigenvalue weighted by molar-refractivity contribution is 0.262. The quantitative estimate of drug-likeness (QED) is 0.142. The minimum absolute atomic E-state index is 0.208. The van der Waals surface area contributed by atoms with E-state index in [2.05, 4.69) is 50.9 Å². The summed E-state index contributed by atoms with van der Waals surface area (Å²) in [6.07, 6.45) is 1.64. The Kier molecular flexibility index (Phi) is 7.79. The van der Waals surface area contributed by atoms with Crippen LogP contribution in [-0.2, 0) is 0 Å². The minimum atomic E-state index is -0.495. The summed E-state index contributed by atoms with van der Waals surface area (Å²) in [5.41, 5.74) is 4.46. The number of carbonyl (C=O) groups is 1. The number of ether oxygens (including phenoxy) is 1. The fraction of sp³-hybridized carbons (Fsp3) is 0.118. The molecule has 0 saturated carbocycles. The first-order valence-electron chi connectivity index (χ1n) is 14.2. The molecule has 0 bridgehead atoms. The van der Waals surface area contributed by atoms with E-state index in [1.165, 1.54) is 10.7 Å². The summed E-state index contributed by atoms with van der Waals surface area (Å²) in [6.45, 7) is 6.26. The van der Waals surface area contributed by atoms with Crippen LogP contribution in [0.4, 0.5) is 27.9 Å². The molecule has 0 spiro atoms. The topological polar surface area (TPSA) is 126 Å². The van der Waals surface area contributed by atoms with Gasteiger partial charge in [0, 0.05) is 34.8 Å². The summed E-state index contributed by atoms with van der Waals surface area (Å²) < 4.78 is 7.69. The Hall–Kier alpha value is -5.90. The van der Waals surface area contributed by atoms with Crippen LogP contribution in [0.25, 0.3) is 16.5 Å². The van der Waals surface area contributed by atoms with E-state index in [1.54, 1.807) is 24.4 Å². The number of urea groups is 1. The first kappa shape index (κ1) is 28.2. The Morgan fingerprint density at radius 3 is 2.41 bits per heavy atom. The molecular weight excluding hydrogens is 554 g/mol. The molecule has 2 heterocycles. The van der Waals surface area contributed by atoms with E-state index in [1.807, 2.05) is 73.7 Å². The van der Waals surface area contributed by atoms with Crippen molar-refractivity contribution in [3.05, 3.63) is 114 Å². The molecule has 0 unspecified atom stereocenters. The number of hydrogen-bond donors (Lipinski definition) is 4. The van der Waals surface area contributed by atoms with Crippen molar-refractivity contribution in [2.45, 2.75) is 26.7 Å². The number of hydrogen-bond acceptors (Lipinski definition) is 7. The highest BCUT2D eigenvalue weighted by Crippen LogP contribution is 2.35. The maximum absolute atomic E-state index is 13.1. The van der Waals surface area contributed by atoms with Gasteiger partial charge in [0.2, 0.25) is 17.7 Å². The highest BCUT2D eigenvalue weighted by atomic mass is 16.5. The Morgan fingerprint density at radius 1 is 0.864 bits per heavy atom. The van der Waals surface area contributed by atoms with Gasteiger partial charge in [-0.05, 0) is 48.7 Å². The van der Waals surface area contributed by atoms with E-state index in [0.717, 1.165) is 27.6 Å². The highest BCUT2D eigenvalue weighted by Gasteiger charge is 2.15. The summed E-state index contributed by atoms with van der Waals surface area (Å²) in [7, 11) is 0. The van der Waals surface area contributed by atoms with Gasteiger partial charge in [0.1, 0.15) is 11.6 Å². The maximum atomic E-state index is 13.1. The molecule has 220 valence electrons. The van der Waals surface area contributed by atoms with Crippen molar-refractivity contribution in [3.8, 4) is 23.2 Å². The second-order valence-electron chi connectivity index (χ2n) is 10.6. The summed E-state index contributed by atoms with van der Waals surface area (Å²) in [5, 5.41) is 24.7. The number of para-hydroxylation sites is 1. The van der Waals surface area contributed by atoms with Gasteiger partial charge in [0.15, 0.2) is 0 Å². The molecule has 10 heteroatoms. The number of anilines is 4. The molecule has 2 aromatic heterocycles. The molecule has 10 nitrogen and oxygen atoms in total. The molecule has 4 aromatic carbocycles. The predicted molar refractivity (Wildman–Crippen MR) is 172 cm³/mol. The van der Waals surface area contributed by atoms with Crippen molar-refractivity contribution in [1.29, 1.82) is 0 Å². The van der Waals surface area contributed by atoms with Crippen LogP contribution in [0.5, 0.6) is 17.5 Å².